The number of amides is 2. The largest absolute Gasteiger partial charge is 0.497 e. The summed E-state index contributed by atoms with van der Waals surface area (Å²) in [5.41, 5.74) is 6.31. The van der Waals surface area contributed by atoms with Crippen LogP contribution in [-0.4, -0.2) is 13.1 Å². The molecule has 0 aromatic heterocycles. The maximum absolute atomic E-state index is 13.2. The number of methoxy groups -OCH3 is 1. The van der Waals surface area contributed by atoms with Gasteiger partial charge in [0.2, 0.25) is 0 Å². The Morgan fingerprint density at radius 3 is 2.30 bits per heavy atom. The lowest BCUT2D eigenvalue weighted by Gasteiger charge is -2.08. The second kappa shape index (κ2) is 5.92. The van der Waals surface area contributed by atoms with Crippen LogP contribution >= 0.6 is 0 Å². The van der Waals surface area contributed by atoms with E-state index in [0.29, 0.717) is 17.1 Å². The van der Waals surface area contributed by atoms with Gasteiger partial charge in [-0.05, 0) is 42.5 Å². The van der Waals surface area contributed by atoms with Crippen LogP contribution in [0.2, 0.25) is 0 Å². The Kier molecular flexibility index (Phi) is 4.05. The van der Waals surface area contributed by atoms with Gasteiger partial charge in [-0.1, -0.05) is 0 Å². The van der Waals surface area contributed by atoms with E-state index in [1.807, 2.05) is 0 Å². The van der Waals surface area contributed by atoms with Crippen molar-refractivity contribution in [1.82, 2.24) is 0 Å². The van der Waals surface area contributed by atoms with Gasteiger partial charge in [-0.2, -0.15) is 0 Å². The fourth-order valence-electron chi connectivity index (χ4n) is 1.57. The van der Waals surface area contributed by atoms with Gasteiger partial charge in [0.15, 0.2) is 0 Å². The number of ether oxygens (including phenoxy) is 1. The maximum Gasteiger partial charge on any atom is 0.323 e. The van der Waals surface area contributed by atoms with Crippen LogP contribution in [0.5, 0.6) is 5.75 Å². The van der Waals surface area contributed by atoms with Crippen molar-refractivity contribution in [3.8, 4) is 5.75 Å². The van der Waals surface area contributed by atoms with E-state index in [-0.39, 0.29) is 5.69 Å². The van der Waals surface area contributed by atoms with Crippen LogP contribution in [0.3, 0.4) is 0 Å². The number of nitrogens with two attached hydrogens (primary N) is 1. The molecule has 6 heteroatoms. The lowest BCUT2D eigenvalue weighted by molar-refractivity contribution is 0.262. The van der Waals surface area contributed by atoms with Crippen molar-refractivity contribution in [2.45, 2.75) is 0 Å². The summed E-state index contributed by atoms with van der Waals surface area (Å²) in [7, 11) is 1.56. The molecule has 0 saturated carbocycles. The second-order valence-electron chi connectivity index (χ2n) is 4.04. The number of anilines is 3. The van der Waals surface area contributed by atoms with Gasteiger partial charge in [-0.25, -0.2) is 9.18 Å². The Morgan fingerprint density at radius 2 is 1.70 bits per heavy atom. The Hall–Kier alpha value is -2.76. The van der Waals surface area contributed by atoms with Crippen LogP contribution in [0, 0.1) is 5.82 Å². The third kappa shape index (κ3) is 3.38. The van der Waals surface area contributed by atoms with Gasteiger partial charge in [-0.3, -0.25) is 0 Å². The van der Waals surface area contributed by atoms with E-state index in [1.54, 1.807) is 31.4 Å². The first-order valence-electron chi connectivity index (χ1n) is 5.85. The van der Waals surface area contributed by atoms with E-state index < -0.39 is 11.8 Å². The van der Waals surface area contributed by atoms with E-state index in [9.17, 15) is 9.18 Å². The smallest absolute Gasteiger partial charge is 0.323 e. The maximum atomic E-state index is 13.2. The van der Waals surface area contributed by atoms with Crippen LogP contribution in [0.4, 0.5) is 26.2 Å². The van der Waals surface area contributed by atoms with Gasteiger partial charge >= 0.3 is 6.03 Å². The molecule has 0 saturated heterocycles. The molecule has 0 spiro atoms. The molecule has 104 valence electrons. The average molecular weight is 275 g/mol. The molecule has 20 heavy (non-hydrogen) atoms. The molecule has 0 fully saturated rings. The molecule has 5 nitrogen and oxygen atoms in total. The fraction of sp³-hybridized carbons (Fsp3) is 0.0714. The Labute approximate surface area is 115 Å². The number of hydrogen-bond donors (Lipinski definition) is 3. The van der Waals surface area contributed by atoms with Gasteiger partial charge in [0.05, 0.1) is 12.8 Å². The predicted octanol–water partition coefficient (Wildman–Crippen LogP) is 3.06. The van der Waals surface area contributed by atoms with Crippen LogP contribution in [0.15, 0.2) is 42.5 Å². The minimum absolute atomic E-state index is 0.0334. The van der Waals surface area contributed by atoms with E-state index in [4.69, 9.17) is 10.5 Å². The highest BCUT2D eigenvalue weighted by molar-refractivity contribution is 5.99. The van der Waals surface area contributed by atoms with E-state index >= 15 is 0 Å². The third-order valence-corrected chi connectivity index (χ3v) is 2.61. The van der Waals surface area contributed by atoms with Gasteiger partial charge < -0.3 is 21.1 Å². The summed E-state index contributed by atoms with van der Waals surface area (Å²) in [4.78, 5) is 11.7. The molecule has 0 aliphatic carbocycles. The Balaban J connectivity index is 1.99. The van der Waals surface area contributed by atoms with Crippen molar-refractivity contribution in [2.24, 2.45) is 0 Å². The Morgan fingerprint density at radius 1 is 1.10 bits per heavy atom. The SMILES string of the molecule is COc1ccc(NC(=O)Nc2ccc(N)c(F)c2)cc1. The summed E-state index contributed by atoms with van der Waals surface area (Å²) >= 11 is 0. The molecule has 0 aliphatic heterocycles. The summed E-state index contributed by atoms with van der Waals surface area (Å²) < 4.78 is 18.2. The highest BCUT2D eigenvalue weighted by Gasteiger charge is 2.05. The zero-order valence-electron chi connectivity index (χ0n) is 10.8. The summed E-state index contributed by atoms with van der Waals surface area (Å²) in [6.07, 6.45) is 0. The first kappa shape index (κ1) is 13.7. The summed E-state index contributed by atoms with van der Waals surface area (Å²) in [5.74, 6) is 0.115. The van der Waals surface area contributed by atoms with Crippen molar-refractivity contribution in [1.29, 1.82) is 0 Å². The van der Waals surface area contributed by atoms with Crippen LogP contribution < -0.4 is 21.1 Å². The molecule has 0 unspecified atom stereocenters. The average Bonchev–Trinajstić information content (AvgIpc) is 2.44. The van der Waals surface area contributed by atoms with E-state index in [0.717, 1.165) is 6.07 Å². The molecule has 0 radical (unpaired) electrons. The number of urea groups is 1. The lowest BCUT2D eigenvalue weighted by atomic mass is 10.2. The number of rotatable bonds is 3. The number of nitrogen functional groups attached to an aromatic ring is 1. The van der Waals surface area contributed by atoms with Crippen molar-refractivity contribution in [3.63, 3.8) is 0 Å². The minimum Gasteiger partial charge on any atom is -0.497 e. The zero-order chi connectivity index (χ0) is 14.5. The molecule has 2 amide bonds. The number of carbonyl (C=O) groups excluding carboxylic acids is 1. The van der Waals surface area contributed by atoms with Crippen molar-refractivity contribution >= 4 is 23.1 Å². The molecule has 2 aromatic rings. The standard InChI is InChI=1S/C14H14FN3O2/c1-20-11-5-2-9(3-6-11)17-14(19)18-10-4-7-13(16)12(15)8-10/h2-8H,16H2,1H3,(H2,17,18,19). The quantitative estimate of drug-likeness (QED) is 0.753. The monoisotopic (exact) mass is 275 g/mol. The molecule has 0 bridgehead atoms. The fourth-order valence-corrected chi connectivity index (χ4v) is 1.57. The Bertz CT molecular complexity index is 614. The number of halogens is 1. The van der Waals surface area contributed by atoms with Crippen molar-refractivity contribution in [2.75, 3.05) is 23.5 Å². The highest BCUT2D eigenvalue weighted by atomic mass is 19.1. The molecule has 4 N–H and O–H groups in total. The first-order chi connectivity index (χ1) is 9.58. The van der Waals surface area contributed by atoms with Crippen molar-refractivity contribution in [3.05, 3.63) is 48.3 Å². The van der Waals surface area contributed by atoms with Crippen LogP contribution in [0.25, 0.3) is 0 Å². The molecule has 0 aliphatic rings. The molecule has 0 heterocycles. The van der Waals surface area contributed by atoms with Crippen LogP contribution in [0.1, 0.15) is 0 Å². The van der Waals surface area contributed by atoms with Gasteiger partial charge in [-0.15, -0.1) is 0 Å². The van der Waals surface area contributed by atoms with Crippen LogP contribution in [-0.2, 0) is 0 Å². The third-order valence-electron chi connectivity index (χ3n) is 2.61. The molecular weight excluding hydrogens is 261 g/mol. The van der Waals surface area contributed by atoms with E-state index in [2.05, 4.69) is 10.6 Å². The van der Waals surface area contributed by atoms with Gasteiger partial charge in [0.25, 0.3) is 0 Å². The molecule has 0 atom stereocenters. The lowest BCUT2D eigenvalue weighted by Crippen LogP contribution is -2.19. The number of benzene rings is 2. The van der Waals surface area contributed by atoms with Crippen molar-refractivity contribution < 1.29 is 13.9 Å². The predicted molar refractivity (Wildman–Crippen MR) is 76.4 cm³/mol. The molecule has 2 rings (SSSR count). The van der Waals surface area contributed by atoms with Gasteiger partial charge in [0, 0.05) is 11.4 Å². The highest BCUT2D eigenvalue weighted by Crippen LogP contribution is 2.17. The topological polar surface area (TPSA) is 76.4 Å². The second-order valence-corrected chi connectivity index (χ2v) is 4.04. The van der Waals surface area contributed by atoms with E-state index in [1.165, 1.54) is 12.1 Å². The summed E-state index contributed by atoms with van der Waals surface area (Å²) in [6.45, 7) is 0. The summed E-state index contributed by atoms with van der Waals surface area (Å²) in [6, 6.07) is 10.4. The molecule has 2 aromatic carbocycles. The summed E-state index contributed by atoms with van der Waals surface area (Å²) in [5, 5.41) is 5.13. The normalized spacial score (nSPS) is 9.90. The van der Waals surface area contributed by atoms with Gasteiger partial charge in [0.1, 0.15) is 11.6 Å². The zero-order valence-corrected chi connectivity index (χ0v) is 10.8. The number of carbonyl (C=O) groups is 1. The number of hydrogen-bond acceptors (Lipinski definition) is 3. The first-order valence-corrected chi connectivity index (χ1v) is 5.85. The number of nitrogens with one attached hydrogen (secondary N) is 2. The molecular formula is C14H14FN3O2. The minimum atomic E-state index is -0.577.